The molecular formula is C24H23FN4O2S2. The van der Waals surface area contributed by atoms with Crippen LogP contribution in [0.1, 0.15) is 34.2 Å². The molecule has 9 heteroatoms. The Morgan fingerprint density at radius 1 is 1.33 bits per heavy atom. The number of hydrogen-bond acceptors (Lipinski definition) is 7. The maximum absolute atomic E-state index is 14.9. The number of ether oxygens (including phenoxy) is 1. The summed E-state index contributed by atoms with van der Waals surface area (Å²) in [4.78, 5) is 19.8. The highest BCUT2D eigenvalue weighted by atomic mass is 32.2. The van der Waals surface area contributed by atoms with Crippen molar-refractivity contribution in [2.24, 2.45) is 16.6 Å². The summed E-state index contributed by atoms with van der Waals surface area (Å²) in [5.74, 6) is 5.91. The minimum Gasteiger partial charge on any atom is -0.378 e. The highest BCUT2D eigenvalue weighted by Gasteiger charge is 2.60. The first kappa shape index (κ1) is 22.1. The van der Waals surface area contributed by atoms with Crippen LogP contribution in [0.3, 0.4) is 0 Å². The van der Waals surface area contributed by atoms with Crippen molar-refractivity contribution in [1.82, 2.24) is 9.27 Å². The van der Waals surface area contributed by atoms with E-state index in [9.17, 15) is 9.18 Å². The number of aliphatic imine (C=N–C) groups is 1. The molecule has 3 heterocycles. The Kier molecular flexibility index (Phi) is 5.99. The lowest BCUT2D eigenvalue weighted by Gasteiger charge is -2.26. The van der Waals surface area contributed by atoms with Gasteiger partial charge in [-0.1, -0.05) is 23.8 Å². The first-order valence-electron chi connectivity index (χ1n) is 10.8. The molecular weight excluding hydrogens is 459 g/mol. The maximum atomic E-state index is 14.9. The summed E-state index contributed by atoms with van der Waals surface area (Å²) in [6, 6.07) is 6.40. The number of thioether (sulfide) groups is 1. The molecule has 3 atom stereocenters. The number of amides is 1. The Morgan fingerprint density at radius 3 is 2.91 bits per heavy atom. The fourth-order valence-corrected chi connectivity index (χ4v) is 6.10. The average molecular weight is 483 g/mol. The van der Waals surface area contributed by atoms with E-state index in [0.29, 0.717) is 42.6 Å². The van der Waals surface area contributed by atoms with Gasteiger partial charge < -0.3 is 15.4 Å². The number of benzene rings is 1. The van der Waals surface area contributed by atoms with E-state index >= 15 is 0 Å². The molecule has 1 aliphatic carbocycles. The third kappa shape index (κ3) is 4.69. The zero-order valence-electron chi connectivity index (χ0n) is 18.1. The molecule has 0 unspecified atom stereocenters. The summed E-state index contributed by atoms with van der Waals surface area (Å²) in [7, 11) is 0. The number of amidine groups is 1. The number of halogens is 1. The van der Waals surface area contributed by atoms with E-state index in [1.807, 2.05) is 19.1 Å². The van der Waals surface area contributed by atoms with Gasteiger partial charge in [0.25, 0.3) is 0 Å². The van der Waals surface area contributed by atoms with Gasteiger partial charge in [0.15, 0.2) is 5.17 Å². The van der Waals surface area contributed by atoms with Crippen LogP contribution in [0.4, 0.5) is 4.39 Å². The predicted molar refractivity (Wildman–Crippen MR) is 129 cm³/mol. The molecule has 6 nitrogen and oxygen atoms in total. The van der Waals surface area contributed by atoms with Crippen LogP contribution in [0.15, 0.2) is 41.4 Å². The largest absolute Gasteiger partial charge is 0.378 e. The summed E-state index contributed by atoms with van der Waals surface area (Å²) >= 11 is 2.80. The van der Waals surface area contributed by atoms with Crippen LogP contribution < -0.4 is 5.73 Å². The normalized spacial score (nSPS) is 26.4. The van der Waals surface area contributed by atoms with Gasteiger partial charge in [-0.05, 0) is 55.1 Å². The third-order valence-corrected chi connectivity index (χ3v) is 8.15. The molecule has 0 radical (unpaired) electrons. The van der Waals surface area contributed by atoms with E-state index in [2.05, 4.69) is 21.2 Å². The molecule has 2 N–H and O–H groups in total. The molecule has 170 valence electrons. The monoisotopic (exact) mass is 482 g/mol. The van der Waals surface area contributed by atoms with Gasteiger partial charge in [0, 0.05) is 41.0 Å². The minimum absolute atomic E-state index is 0.0293. The van der Waals surface area contributed by atoms with Crippen LogP contribution in [0.5, 0.6) is 0 Å². The van der Waals surface area contributed by atoms with Gasteiger partial charge in [-0.15, -0.1) is 0 Å². The number of carbonyl (C=O) groups excluding carboxylic acids is 1. The number of rotatable bonds is 3. The fraction of sp³-hybridized carbons (Fsp3) is 0.375. The summed E-state index contributed by atoms with van der Waals surface area (Å²) in [5, 5.41) is 0.410. The lowest BCUT2D eigenvalue weighted by atomic mass is 9.98. The molecule has 33 heavy (non-hydrogen) atoms. The van der Waals surface area contributed by atoms with Crippen molar-refractivity contribution in [2.45, 2.75) is 24.1 Å². The van der Waals surface area contributed by atoms with Gasteiger partial charge in [-0.3, -0.25) is 9.79 Å². The first-order chi connectivity index (χ1) is 15.9. The van der Waals surface area contributed by atoms with Crippen molar-refractivity contribution in [2.75, 3.05) is 26.3 Å². The third-order valence-electron chi connectivity index (χ3n) is 6.05. The summed E-state index contributed by atoms with van der Waals surface area (Å²) in [5.41, 5.74) is 8.29. The van der Waals surface area contributed by atoms with Gasteiger partial charge >= 0.3 is 0 Å². The molecule has 1 aromatic carbocycles. The van der Waals surface area contributed by atoms with Crippen molar-refractivity contribution in [3.05, 3.63) is 63.9 Å². The number of aromatic nitrogens is 1. The molecule has 2 fully saturated rings. The number of nitrogens with two attached hydrogens (primary N) is 1. The predicted octanol–water partition coefficient (Wildman–Crippen LogP) is 3.27. The second kappa shape index (κ2) is 8.93. The molecule has 2 aromatic rings. The van der Waals surface area contributed by atoms with E-state index in [-0.39, 0.29) is 22.4 Å². The Balaban J connectivity index is 1.36. The number of carbonyl (C=O) groups is 1. The van der Waals surface area contributed by atoms with Crippen LogP contribution in [0, 0.1) is 30.5 Å². The van der Waals surface area contributed by atoms with Crippen LogP contribution in [-0.4, -0.2) is 51.4 Å². The van der Waals surface area contributed by atoms with Crippen LogP contribution in [0.25, 0.3) is 0 Å². The van der Waals surface area contributed by atoms with Crippen LogP contribution in [-0.2, 0) is 9.53 Å². The topological polar surface area (TPSA) is 80.8 Å². The van der Waals surface area contributed by atoms with E-state index in [1.165, 1.54) is 29.4 Å². The first-order valence-corrected chi connectivity index (χ1v) is 12.4. The number of fused-ring (bicyclic) bond motifs is 1. The van der Waals surface area contributed by atoms with Gasteiger partial charge in [0.1, 0.15) is 5.82 Å². The Morgan fingerprint density at radius 2 is 2.15 bits per heavy atom. The molecule has 2 aliphatic heterocycles. The number of hydrogen-bond donors (Lipinski definition) is 1. The molecule has 0 spiro atoms. The molecule has 0 bridgehead atoms. The van der Waals surface area contributed by atoms with Crippen LogP contribution >= 0.6 is 23.3 Å². The lowest BCUT2D eigenvalue weighted by molar-refractivity contribution is -0.130. The van der Waals surface area contributed by atoms with Gasteiger partial charge in [-0.2, -0.15) is 4.37 Å². The highest BCUT2D eigenvalue weighted by molar-refractivity contribution is 8.15. The second-order valence-corrected chi connectivity index (χ2v) is 10.6. The summed E-state index contributed by atoms with van der Waals surface area (Å²) in [6.45, 7) is 4.24. The molecule has 1 aromatic heterocycles. The molecule has 3 aliphatic rings. The highest BCUT2D eigenvalue weighted by Crippen LogP contribution is 2.64. The standard InChI is InChI=1S/C24H23FN4O2S2/c1-15-12-17(33-28-15)4-2-16-3-5-20(25)18(13-16)22-19-14-24(19,32-23(26)27-22)7-6-21(30)29-8-10-31-11-9-29/h3,5-7,12-13,19,22H,8-11,14H2,1H3,(H2,26,27)/b7-6+/t19-,22+,24-/m0/s1. The zero-order valence-corrected chi connectivity index (χ0v) is 19.7. The lowest BCUT2D eigenvalue weighted by Crippen LogP contribution is -2.40. The summed E-state index contributed by atoms with van der Waals surface area (Å²) < 4.78 is 24.1. The molecule has 1 amide bonds. The molecule has 1 saturated carbocycles. The second-order valence-electron chi connectivity index (χ2n) is 8.37. The molecule has 1 saturated heterocycles. The molecule has 5 rings (SSSR count). The van der Waals surface area contributed by atoms with Gasteiger partial charge in [0.2, 0.25) is 5.91 Å². The smallest absolute Gasteiger partial charge is 0.246 e. The van der Waals surface area contributed by atoms with Gasteiger partial charge in [-0.25, -0.2) is 4.39 Å². The van der Waals surface area contributed by atoms with Crippen molar-refractivity contribution < 1.29 is 13.9 Å². The zero-order chi connectivity index (χ0) is 23.0. The van der Waals surface area contributed by atoms with Crippen molar-refractivity contribution in [1.29, 1.82) is 0 Å². The Hall–Kier alpha value is -2.67. The van der Waals surface area contributed by atoms with E-state index in [1.54, 1.807) is 23.1 Å². The SMILES string of the molecule is Cc1cc(C#Cc2ccc(F)c([C@H]3N=C(N)S[C@@]4(/C=C/C(=O)N5CCOCC5)C[C@@H]34)c2)sn1. The van der Waals surface area contributed by atoms with Crippen LogP contribution in [0.2, 0.25) is 0 Å². The fourth-order valence-electron chi connectivity index (χ4n) is 4.25. The Bertz CT molecular complexity index is 1210. The quantitative estimate of drug-likeness (QED) is 0.537. The number of nitrogens with zero attached hydrogens (tertiary/aromatic N) is 3. The summed E-state index contributed by atoms with van der Waals surface area (Å²) in [6.07, 6.45) is 4.35. The van der Waals surface area contributed by atoms with Crippen molar-refractivity contribution >= 4 is 34.4 Å². The minimum atomic E-state index is -0.401. The van der Waals surface area contributed by atoms with Crippen molar-refractivity contribution in [3.8, 4) is 11.8 Å². The maximum Gasteiger partial charge on any atom is 0.246 e. The van der Waals surface area contributed by atoms with E-state index < -0.39 is 6.04 Å². The Labute approximate surface area is 200 Å². The number of morpholine rings is 1. The van der Waals surface area contributed by atoms with E-state index in [0.717, 1.165) is 17.0 Å². The van der Waals surface area contributed by atoms with Gasteiger partial charge in [0.05, 0.1) is 29.8 Å². The average Bonchev–Trinajstić information content (AvgIpc) is 3.39. The van der Waals surface area contributed by atoms with E-state index in [4.69, 9.17) is 10.5 Å². The van der Waals surface area contributed by atoms with Crippen molar-refractivity contribution in [3.63, 3.8) is 0 Å². The number of aryl methyl sites for hydroxylation is 1.